The zero-order valence-electron chi connectivity index (χ0n) is 19.4. The fraction of sp³-hybridized carbons (Fsp3) is 0.444. The minimum absolute atomic E-state index is 0.0983. The number of carbonyl (C=O) groups is 3. The highest BCUT2D eigenvalue weighted by Gasteiger charge is 2.31. The van der Waals surface area contributed by atoms with Gasteiger partial charge in [-0.05, 0) is 25.0 Å². The fourth-order valence-electron chi connectivity index (χ4n) is 4.53. The van der Waals surface area contributed by atoms with Gasteiger partial charge in [0.2, 0.25) is 11.8 Å². The number of hydrogen-bond donors (Lipinski definition) is 2. The maximum Gasteiger partial charge on any atom is 0.235 e. The van der Waals surface area contributed by atoms with Gasteiger partial charge in [0.1, 0.15) is 19.1 Å². The Bertz CT molecular complexity index is 999. The van der Waals surface area contributed by atoms with Gasteiger partial charge < -0.3 is 20.1 Å². The van der Waals surface area contributed by atoms with E-state index in [0.29, 0.717) is 36.0 Å². The van der Waals surface area contributed by atoms with E-state index in [4.69, 9.17) is 9.47 Å². The maximum absolute atomic E-state index is 13.3. The van der Waals surface area contributed by atoms with Crippen LogP contribution in [0.5, 0.6) is 11.5 Å². The highest BCUT2D eigenvalue weighted by molar-refractivity contribution is 6.15. The largest absolute Gasteiger partial charge is 0.486 e. The Morgan fingerprint density at radius 1 is 0.853 bits per heavy atom. The molecule has 7 nitrogen and oxygen atoms in total. The molecule has 1 aliphatic heterocycles. The first-order valence-corrected chi connectivity index (χ1v) is 12.2. The minimum Gasteiger partial charge on any atom is -0.486 e. The van der Waals surface area contributed by atoms with E-state index in [-0.39, 0.29) is 24.2 Å². The van der Waals surface area contributed by atoms with Gasteiger partial charge in [-0.1, -0.05) is 62.4 Å². The van der Waals surface area contributed by atoms with Gasteiger partial charge in [-0.25, -0.2) is 0 Å². The van der Waals surface area contributed by atoms with Gasteiger partial charge >= 0.3 is 0 Å². The summed E-state index contributed by atoms with van der Waals surface area (Å²) in [5.74, 6) is -1.14. The Hall–Kier alpha value is -3.35. The average Bonchev–Trinajstić information content (AvgIpc) is 2.84. The van der Waals surface area contributed by atoms with E-state index in [1.807, 2.05) is 6.07 Å². The molecule has 2 amide bonds. The lowest BCUT2D eigenvalue weighted by atomic mass is 9.92. The molecular formula is C27H32N2O5. The van der Waals surface area contributed by atoms with E-state index < -0.39 is 11.8 Å². The third kappa shape index (κ3) is 6.37. The van der Waals surface area contributed by atoms with Crippen LogP contribution in [0.3, 0.4) is 0 Å². The second-order valence-electron chi connectivity index (χ2n) is 8.94. The molecule has 2 aromatic carbocycles. The van der Waals surface area contributed by atoms with Gasteiger partial charge in [-0.2, -0.15) is 0 Å². The molecular weight excluding hydrogens is 432 g/mol. The normalized spacial score (nSPS) is 17.1. The molecule has 0 bridgehead atoms. The first-order chi connectivity index (χ1) is 16.6. The van der Waals surface area contributed by atoms with Gasteiger partial charge in [0, 0.05) is 29.8 Å². The summed E-state index contributed by atoms with van der Waals surface area (Å²) >= 11 is 0. The Balaban J connectivity index is 1.47. The van der Waals surface area contributed by atoms with Crippen molar-refractivity contribution in [3.05, 3.63) is 54.1 Å². The van der Waals surface area contributed by atoms with Crippen LogP contribution in [-0.2, 0) is 9.59 Å². The maximum atomic E-state index is 13.3. The van der Waals surface area contributed by atoms with Crippen molar-refractivity contribution >= 4 is 23.3 Å². The van der Waals surface area contributed by atoms with Crippen LogP contribution in [0.25, 0.3) is 0 Å². The molecule has 0 saturated heterocycles. The van der Waals surface area contributed by atoms with Crippen molar-refractivity contribution in [2.75, 3.05) is 18.5 Å². The van der Waals surface area contributed by atoms with Gasteiger partial charge in [0.15, 0.2) is 17.3 Å². The van der Waals surface area contributed by atoms with Crippen LogP contribution in [0, 0.1) is 5.92 Å². The lowest BCUT2D eigenvalue weighted by Gasteiger charge is -2.23. The molecule has 2 N–H and O–H groups in total. The number of ether oxygens (including phenoxy) is 2. The standard InChI is InChI=1S/C27H32N2O5/c30-25(28-20-11-7-2-1-3-8-12-20)18-22(26(31)19-9-5-4-6-10-19)27(32)29-21-13-14-23-24(17-21)34-16-15-33-23/h4-6,9-10,13-14,17,20,22H,1-3,7-8,11-12,15-16,18H2,(H,28,30)(H,29,32)/t22-/m0/s1. The Morgan fingerprint density at radius 3 is 2.26 bits per heavy atom. The second kappa shape index (κ2) is 11.7. The number of Topliss-reactive ketones (excluding diaryl/α,β-unsaturated/α-hetero) is 1. The summed E-state index contributed by atoms with van der Waals surface area (Å²) in [5, 5.41) is 5.87. The summed E-state index contributed by atoms with van der Waals surface area (Å²) in [6, 6.07) is 13.8. The van der Waals surface area contributed by atoms with Crippen molar-refractivity contribution in [3.8, 4) is 11.5 Å². The summed E-state index contributed by atoms with van der Waals surface area (Å²) in [4.78, 5) is 39.4. The lowest BCUT2D eigenvalue weighted by Crippen LogP contribution is -2.40. The van der Waals surface area contributed by atoms with Crippen LogP contribution in [0.1, 0.15) is 61.7 Å². The third-order valence-electron chi connectivity index (χ3n) is 6.36. The van der Waals surface area contributed by atoms with E-state index in [9.17, 15) is 14.4 Å². The Kier molecular flexibility index (Phi) is 8.17. The summed E-state index contributed by atoms with van der Waals surface area (Å²) < 4.78 is 11.1. The van der Waals surface area contributed by atoms with E-state index in [2.05, 4.69) is 10.6 Å². The molecule has 0 aromatic heterocycles. The molecule has 2 aliphatic rings. The van der Waals surface area contributed by atoms with E-state index >= 15 is 0 Å². The van der Waals surface area contributed by atoms with Crippen LogP contribution in [0.15, 0.2) is 48.5 Å². The van der Waals surface area contributed by atoms with Crippen LogP contribution in [-0.4, -0.2) is 36.9 Å². The Labute approximate surface area is 200 Å². The van der Waals surface area contributed by atoms with Gasteiger partial charge in [-0.15, -0.1) is 0 Å². The molecule has 1 aliphatic carbocycles. The van der Waals surface area contributed by atoms with Crippen molar-refractivity contribution in [3.63, 3.8) is 0 Å². The molecule has 1 fully saturated rings. The zero-order chi connectivity index (χ0) is 23.8. The first-order valence-electron chi connectivity index (χ1n) is 12.2. The smallest absolute Gasteiger partial charge is 0.235 e. The number of anilines is 1. The second-order valence-corrected chi connectivity index (χ2v) is 8.94. The van der Waals surface area contributed by atoms with Crippen LogP contribution in [0.2, 0.25) is 0 Å². The summed E-state index contributed by atoms with van der Waals surface area (Å²) in [6.07, 6.45) is 7.45. The lowest BCUT2D eigenvalue weighted by molar-refractivity contribution is -0.126. The number of carbonyl (C=O) groups excluding carboxylic acids is 3. The monoisotopic (exact) mass is 464 g/mol. The molecule has 0 unspecified atom stereocenters. The molecule has 2 aromatic rings. The van der Waals surface area contributed by atoms with E-state index in [1.165, 1.54) is 19.3 Å². The summed E-state index contributed by atoms with van der Waals surface area (Å²) in [6.45, 7) is 0.906. The number of rotatable bonds is 7. The van der Waals surface area contributed by atoms with Crippen molar-refractivity contribution in [2.45, 2.75) is 57.4 Å². The van der Waals surface area contributed by atoms with Crippen LogP contribution < -0.4 is 20.1 Å². The fourth-order valence-corrected chi connectivity index (χ4v) is 4.53. The molecule has 0 spiro atoms. The molecule has 7 heteroatoms. The number of fused-ring (bicyclic) bond motifs is 1. The first kappa shape index (κ1) is 23.8. The Morgan fingerprint density at radius 2 is 1.53 bits per heavy atom. The molecule has 0 radical (unpaired) electrons. The SMILES string of the molecule is O=C(C[C@H](C(=O)Nc1ccc2c(c1)OCCO2)C(=O)c1ccccc1)NC1CCCCCCC1. The van der Waals surface area contributed by atoms with Crippen LogP contribution in [0.4, 0.5) is 5.69 Å². The molecule has 34 heavy (non-hydrogen) atoms. The van der Waals surface area contributed by atoms with E-state index in [1.54, 1.807) is 42.5 Å². The predicted molar refractivity (Wildman–Crippen MR) is 129 cm³/mol. The molecule has 1 heterocycles. The van der Waals surface area contributed by atoms with Crippen molar-refractivity contribution in [1.29, 1.82) is 0 Å². The number of amides is 2. The van der Waals surface area contributed by atoms with Gasteiger partial charge in [-0.3, -0.25) is 14.4 Å². The highest BCUT2D eigenvalue weighted by atomic mass is 16.6. The number of benzene rings is 2. The van der Waals surface area contributed by atoms with Gasteiger partial charge in [0.25, 0.3) is 0 Å². The van der Waals surface area contributed by atoms with Crippen molar-refractivity contribution in [2.24, 2.45) is 5.92 Å². The molecule has 1 atom stereocenters. The molecule has 4 rings (SSSR count). The minimum atomic E-state index is -1.14. The predicted octanol–water partition coefficient (Wildman–Crippen LogP) is 4.51. The zero-order valence-corrected chi connectivity index (χ0v) is 19.4. The van der Waals surface area contributed by atoms with Gasteiger partial charge in [0.05, 0.1) is 0 Å². The summed E-state index contributed by atoms with van der Waals surface area (Å²) in [7, 11) is 0. The van der Waals surface area contributed by atoms with Crippen molar-refractivity contribution < 1.29 is 23.9 Å². The topological polar surface area (TPSA) is 93.7 Å². The number of hydrogen-bond acceptors (Lipinski definition) is 5. The van der Waals surface area contributed by atoms with E-state index in [0.717, 1.165) is 25.7 Å². The van der Waals surface area contributed by atoms with Crippen molar-refractivity contribution in [1.82, 2.24) is 5.32 Å². The molecule has 1 saturated carbocycles. The third-order valence-corrected chi connectivity index (χ3v) is 6.36. The highest BCUT2D eigenvalue weighted by Crippen LogP contribution is 2.33. The average molecular weight is 465 g/mol. The molecule has 180 valence electrons. The number of ketones is 1. The summed E-state index contributed by atoms with van der Waals surface area (Å²) in [5.41, 5.74) is 0.893. The number of nitrogens with one attached hydrogen (secondary N) is 2. The van der Waals surface area contributed by atoms with Crippen LogP contribution >= 0.6 is 0 Å². The quantitative estimate of drug-likeness (QED) is 0.464.